The van der Waals surface area contributed by atoms with E-state index in [-0.39, 0.29) is 11.0 Å². The quantitative estimate of drug-likeness (QED) is 0.855. The highest BCUT2D eigenvalue weighted by Gasteiger charge is 2.08. The number of nitrogens with one attached hydrogen (secondary N) is 2. The molecule has 1 heterocycles. The third kappa shape index (κ3) is 4.36. The number of carbonyl (C=O) groups excluding carboxylic acids is 1. The molecule has 0 atom stereocenters. The zero-order valence-electron chi connectivity index (χ0n) is 12.0. The maximum Gasteiger partial charge on any atom is 0.257 e. The summed E-state index contributed by atoms with van der Waals surface area (Å²) >= 11 is 5.12. The number of aromatic nitrogens is 1. The predicted molar refractivity (Wildman–Crippen MR) is 88.5 cm³/mol. The lowest BCUT2D eigenvalue weighted by molar-refractivity contribution is 0.0977. The minimum Gasteiger partial charge on any atom is -0.317 e. The van der Waals surface area contributed by atoms with Crippen molar-refractivity contribution < 1.29 is 4.79 Å². The monoisotopic (exact) mass is 299 g/mol. The Kier molecular flexibility index (Phi) is 5.00. The maximum atomic E-state index is 12.1. The summed E-state index contributed by atoms with van der Waals surface area (Å²) in [5, 5.41) is 5.77. The molecule has 5 heteroatoms. The number of carbonyl (C=O) groups is 1. The zero-order valence-corrected chi connectivity index (χ0v) is 12.8. The number of amides is 1. The summed E-state index contributed by atoms with van der Waals surface area (Å²) in [5.41, 5.74) is 2.65. The van der Waals surface area contributed by atoms with Crippen LogP contribution < -0.4 is 10.6 Å². The second kappa shape index (κ2) is 6.95. The molecule has 2 N–H and O–H groups in total. The van der Waals surface area contributed by atoms with E-state index in [1.165, 1.54) is 5.56 Å². The van der Waals surface area contributed by atoms with E-state index in [1.54, 1.807) is 18.2 Å². The van der Waals surface area contributed by atoms with Gasteiger partial charge in [-0.1, -0.05) is 25.1 Å². The molecule has 0 aliphatic carbocycles. The van der Waals surface area contributed by atoms with Gasteiger partial charge < -0.3 is 5.32 Å². The normalized spacial score (nSPS) is 10.0. The smallest absolute Gasteiger partial charge is 0.257 e. The van der Waals surface area contributed by atoms with Gasteiger partial charge >= 0.3 is 0 Å². The first-order valence-electron chi connectivity index (χ1n) is 6.73. The van der Waals surface area contributed by atoms with Gasteiger partial charge in [0.2, 0.25) is 0 Å². The number of hydrogen-bond acceptors (Lipinski definition) is 3. The SMILES string of the molecule is CCc1ccc(C(=O)NC(=S)Nc2cccc(C)n2)cc1. The predicted octanol–water partition coefficient (Wildman–Crippen LogP) is 3.08. The molecule has 0 radical (unpaired) electrons. The summed E-state index contributed by atoms with van der Waals surface area (Å²) in [6.07, 6.45) is 0.945. The summed E-state index contributed by atoms with van der Waals surface area (Å²) in [7, 11) is 0. The van der Waals surface area contributed by atoms with E-state index in [9.17, 15) is 4.79 Å². The van der Waals surface area contributed by atoms with Crippen LogP contribution in [0, 0.1) is 6.92 Å². The van der Waals surface area contributed by atoms with Crippen LogP contribution in [0.25, 0.3) is 0 Å². The molecule has 21 heavy (non-hydrogen) atoms. The minimum absolute atomic E-state index is 0.234. The second-order valence-corrected chi connectivity index (χ2v) is 5.03. The van der Waals surface area contributed by atoms with Gasteiger partial charge in [0.1, 0.15) is 5.82 Å². The fourth-order valence-electron chi connectivity index (χ4n) is 1.83. The average Bonchev–Trinajstić information content (AvgIpc) is 2.47. The Balaban J connectivity index is 1.96. The maximum absolute atomic E-state index is 12.1. The number of thiocarbonyl (C=S) groups is 1. The Morgan fingerprint density at radius 3 is 2.52 bits per heavy atom. The molecule has 0 bridgehead atoms. The standard InChI is InChI=1S/C16H17N3OS/c1-3-12-7-9-13(10-8-12)15(20)19-16(21)18-14-6-4-5-11(2)17-14/h4-10H,3H2,1-2H3,(H2,17,18,19,20,21). The zero-order chi connectivity index (χ0) is 15.2. The molecule has 108 valence electrons. The second-order valence-electron chi connectivity index (χ2n) is 4.62. The first-order chi connectivity index (χ1) is 10.1. The third-order valence-electron chi connectivity index (χ3n) is 2.98. The molecule has 1 amide bonds. The molecule has 0 fully saturated rings. The first kappa shape index (κ1) is 15.1. The molecule has 0 spiro atoms. The van der Waals surface area contributed by atoms with Crippen molar-refractivity contribution in [2.75, 3.05) is 5.32 Å². The van der Waals surface area contributed by atoms with E-state index in [4.69, 9.17) is 12.2 Å². The Morgan fingerprint density at radius 1 is 1.19 bits per heavy atom. The molecule has 0 unspecified atom stereocenters. The van der Waals surface area contributed by atoms with Crippen LogP contribution in [-0.4, -0.2) is 16.0 Å². The lowest BCUT2D eigenvalue weighted by atomic mass is 10.1. The van der Waals surface area contributed by atoms with Crippen molar-refractivity contribution >= 4 is 29.1 Å². The molecule has 1 aromatic carbocycles. The number of hydrogen-bond donors (Lipinski definition) is 2. The highest BCUT2D eigenvalue weighted by Crippen LogP contribution is 2.06. The minimum atomic E-state index is -0.234. The van der Waals surface area contributed by atoms with Crippen molar-refractivity contribution in [3.05, 3.63) is 59.3 Å². The summed E-state index contributed by atoms with van der Waals surface area (Å²) in [4.78, 5) is 16.3. The number of aryl methyl sites for hydroxylation is 2. The van der Waals surface area contributed by atoms with Crippen LogP contribution in [0.5, 0.6) is 0 Å². The fraction of sp³-hybridized carbons (Fsp3) is 0.188. The van der Waals surface area contributed by atoms with Gasteiger partial charge in [-0.3, -0.25) is 10.1 Å². The Hall–Kier alpha value is -2.27. The van der Waals surface area contributed by atoms with Crippen molar-refractivity contribution in [2.45, 2.75) is 20.3 Å². The van der Waals surface area contributed by atoms with Crippen molar-refractivity contribution in [1.82, 2.24) is 10.3 Å². The van der Waals surface area contributed by atoms with E-state index >= 15 is 0 Å². The van der Waals surface area contributed by atoms with Gasteiger partial charge in [-0.2, -0.15) is 0 Å². The Morgan fingerprint density at radius 2 is 1.90 bits per heavy atom. The van der Waals surface area contributed by atoms with Crippen LogP contribution in [0.2, 0.25) is 0 Å². The van der Waals surface area contributed by atoms with Crippen molar-refractivity contribution in [1.29, 1.82) is 0 Å². The molecule has 4 nitrogen and oxygen atoms in total. The van der Waals surface area contributed by atoms with Gasteiger partial charge in [0.25, 0.3) is 5.91 Å². The number of benzene rings is 1. The third-order valence-corrected chi connectivity index (χ3v) is 3.19. The van der Waals surface area contributed by atoms with Crippen molar-refractivity contribution in [3.8, 4) is 0 Å². The largest absolute Gasteiger partial charge is 0.317 e. The highest BCUT2D eigenvalue weighted by molar-refractivity contribution is 7.80. The summed E-state index contributed by atoms with van der Waals surface area (Å²) < 4.78 is 0. The molecule has 0 saturated heterocycles. The molecule has 2 rings (SSSR count). The lowest BCUT2D eigenvalue weighted by Gasteiger charge is -2.09. The van der Waals surface area contributed by atoms with E-state index in [1.807, 2.05) is 31.2 Å². The summed E-state index contributed by atoms with van der Waals surface area (Å²) in [6.45, 7) is 3.96. The van der Waals surface area contributed by atoms with Crippen molar-refractivity contribution in [3.63, 3.8) is 0 Å². The van der Waals surface area contributed by atoms with Crippen LogP contribution in [0.1, 0.15) is 28.5 Å². The average molecular weight is 299 g/mol. The van der Waals surface area contributed by atoms with Gasteiger partial charge in [0.05, 0.1) is 0 Å². The van der Waals surface area contributed by atoms with Crippen molar-refractivity contribution in [2.24, 2.45) is 0 Å². The number of anilines is 1. The Labute approximate surface area is 129 Å². The molecule has 2 aromatic rings. The van der Waals surface area contributed by atoms with Gasteiger partial charge in [-0.15, -0.1) is 0 Å². The molecule has 0 aliphatic heterocycles. The molecule has 0 saturated carbocycles. The topological polar surface area (TPSA) is 54.0 Å². The Bertz CT molecular complexity index is 653. The van der Waals surface area contributed by atoms with Crippen LogP contribution in [-0.2, 0) is 6.42 Å². The van der Waals surface area contributed by atoms with Gasteiger partial charge in [-0.25, -0.2) is 4.98 Å². The van der Waals surface area contributed by atoms with Gasteiger partial charge in [0.15, 0.2) is 5.11 Å². The van der Waals surface area contributed by atoms with Gasteiger partial charge in [-0.05, 0) is 55.4 Å². The van der Waals surface area contributed by atoms with Crippen LogP contribution in [0.4, 0.5) is 5.82 Å². The number of nitrogens with zero attached hydrogens (tertiary/aromatic N) is 1. The van der Waals surface area contributed by atoms with Gasteiger partial charge in [0, 0.05) is 11.3 Å². The molecule has 1 aromatic heterocycles. The summed E-state index contributed by atoms with van der Waals surface area (Å²) in [5.74, 6) is 0.379. The van der Waals surface area contributed by atoms with Crippen LogP contribution in [0.15, 0.2) is 42.5 Å². The summed E-state index contributed by atoms with van der Waals surface area (Å²) in [6, 6.07) is 13.0. The van der Waals surface area contributed by atoms with Crippen LogP contribution in [0.3, 0.4) is 0 Å². The molecule has 0 aliphatic rings. The fourth-order valence-corrected chi connectivity index (χ4v) is 2.02. The molecular formula is C16H17N3OS. The first-order valence-corrected chi connectivity index (χ1v) is 7.14. The lowest BCUT2D eigenvalue weighted by Crippen LogP contribution is -2.34. The van der Waals surface area contributed by atoms with Crippen LogP contribution >= 0.6 is 12.2 Å². The van der Waals surface area contributed by atoms with E-state index < -0.39 is 0 Å². The number of pyridine rings is 1. The molecular weight excluding hydrogens is 282 g/mol. The van der Waals surface area contributed by atoms with E-state index in [0.29, 0.717) is 11.4 Å². The number of rotatable bonds is 3. The van der Waals surface area contributed by atoms with E-state index in [2.05, 4.69) is 22.5 Å². The van der Waals surface area contributed by atoms with E-state index in [0.717, 1.165) is 12.1 Å². The highest BCUT2D eigenvalue weighted by atomic mass is 32.1.